The molecule has 1 rings (SSSR count). The van der Waals surface area contributed by atoms with Crippen LogP contribution < -0.4 is 0 Å². The van der Waals surface area contributed by atoms with Crippen LogP contribution in [0.4, 0.5) is 0 Å². The number of methoxy groups -OCH3 is 1. The van der Waals surface area contributed by atoms with E-state index in [-0.39, 0.29) is 0 Å². The Labute approximate surface area is 93.4 Å². The molecule has 0 saturated carbocycles. The second-order valence-electron chi connectivity index (χ2n) is 3.05. The molecule has 0 bridgehead atoms. The summed E-state index contributed by atoms with van der Waals surface area (Å²) in [7, 11) is 1.55. The summed E-state index contributed by atoms with van der Waals surface area (Å²) in [6.07, 6.45) is -0.0530. The van der Waals surface area contributed by atoms with Crippen molar-refractivity contribution in [2.75, 3.05) is 13.7 Å². The number of aliphatic hydroxyl groups excluding tert-OH is 1. The summed E-state index contributed by atoms with van der Waals surface area (Å²) < 4.78 is 4.82. The van der Waals surface area contributed by atoms with E-state index in [1.54, 1.807) is 19.2 Å². The first kappa shape index (κ1) is 11.8. The molecule has 1 unspecified atom stereocenters. The van der Waals surface area contributed by atoms with Crippen LogP contribution in [-0.2, 0) is 11.2 Å². The van der Waals surface area contributed by atoms with Crippen LogP contribution in [-0.4, -0.2) is 24.9 Å². The maximum Gasteiger partial charge on any atom is 0.0814 e. The van der Waals surface area contributed by atoms with Crippen molar-refractivity contribution in [1.29, 1.82) is 0 Å². The van der Waals surface area contributed by atoms with Crippen LogP contribution in [0.2, 0.25) is 10.0 Å². The zero-order chi connectivity index (χ0) is 10.6. The molecule has 4 heteroatoms. The molecule has 0 fully saturated rings. The van der Waals surface area contributed by atoms with Gasteiger partial charge in [-0.15, -0.1) is 0 Å². The van der Waals surface area contributed by atoms with Gasteiger partial charge in [-0.05, 0) is 17.7 Å². The van der Waals surface area contributed by atoms with Gasteiger partial charge in [-0.1, -0.05) is 29.3 Å². The number of aliphatic hydroxyl groups is 1. The smallest absolute Gasteiger partial charge is 0.0814 e. The molecule has 1 N–H and O–H groups in total. The summed E-state index contributed by atoms with van der Waals surface area (Å²) in [6.45, 7) is 0.305. The molecular weight excluding hydrogens is 223 g/mol. The Kier molecular flexibility index (Phi) is 4.69. The van der Waals surface area contributed by atoms with Crippen molar-refractivity contribution in [3.63, 3.8) is 0 Å². The highest BCUT2D eigenvalue weighted by Gasteiger charge is 2.08. The Morgan fingerprint density at radius 1 is 1.43 bits per heavy atom. The SMILES string of the molecule is COCC(O)Cc1ccc(Cl)cc1Cl. The summed E-state index contributed by atoms with van der Waals surface area (Å²) in [6, 6.07) is 5.23. The second-order valence-corrected chi connectivity index (χ2v) is 3.89. The third-order valence-electron chi connectivity index (χ3n) is 1.83. The van der Waals surface area contributed by atoms with Gasteiger partial charge in [0, 0.05) is 23.6 Å². The number of hydrogen-bond acceptors (Lipinski definition) is 2. The lowest BCUT2D eigenvalue weighted by Gasteiger charge is -2.10. The third kappa shape index (κ3) is 3.46. The molecule has 14 heavy (non-hydrogen) atoms. The zero-order valence-corrected chi connectivity index (χ0v) is 9.35. The van der Waals surface area contributed by atoms with Gasteiger partial charge < -0.3 is 9.84 Å². The van der Waals surface area contributed by atoms with Crippen LogP contribution in [0.1, 0.15) is 5.56 Å². The summed E-state index contributed by atoms with van der Waals surface area (Å²) in [4.78, 5) is 0. The Morgan fingerprint density at radius 3 is 2.71 bits per heavy atom. The van der Waals surface area contributed by atoms with E-state index in [1.807, 2.05) is 6.07 Å². The zero-order valence-electron chi connectivity index (χ0n) is 7.84. The minimum Gasteiger partial charge on any atom is -0.390 e. The van der Waals surface area contributed by atoms with Crippen LogP contribution in [0.25, 0.3) is 0 Å². The van der Waals surface area contributed by atoms with Crippen LogP contribution in [0.15, 0.2) is 18.2 Å². The maximum atomic E-state index is 9.48. The Hall–Kier alpha value is -0.280. The highest BCUT2D eigenvalue weighted by molar-refractivity contribution is 6.35. The highest BCUT2D eigenvalue weighted by atomic mass is 35.5. The molecule has 0 amide bonds. The topological polar surface area (TPSA) is 29.5 Å². The summed E-state index contributed by atoms with van der Waals surface area (Å²) in [5, 5.41) is 10.7. The van der Waals surface area contributed by atoms with Crippen molar-refractivity contribution in [1.82, 2.24) is 0 Å². The molecule has 2 nitrogen and oxygen atoms in total. The number of hydrogen-bond donors (Lipinski definition) is 1. The predicted octanol–water partition coefficient (Wildman–Crippen LogP) is 2.54. The first-order valence-corrected chi connectivity index (χ1v) is 5.00. The molecular formula is C10H12Cl2O2. The van der Waals surface area contributed by atoms with Crippen molar-refractivity contribution < 1.29 is 9.84 Å². The lowest BCUT2D eigenvalue weighted by Crippen LogP contribution is -2.17. The van der Waals surface area contributed by atoms with E-state index in [1.165, 1.54) is 0 Å². The second kappa shape index (κ2) is 5.56. The van der Waals surface area contributed by atoms with Crippen molar-refractivity contribution in [2.24, 2.45) is 0 Å². The molecule has 0 heterocycles. The molecule has 1 aromatic rings. The normalized spacial score (nSPS) is 12.9. The molecule has 0 spiro atoms. The fourth-order valence-corrected chi connectivity index (χ4v) is 1.68. The standard InChI is InChI=1S/C10H12Cl2O2/c1-14-6-9(13)4-7-2-3-8(11)5-10(7)12/h2-3,5,9,13H,4,6H2,1H3. The van der Waals surface area contributed by atoms with E-state index in [2.05, 4.69) is 0 Å². The molecule has 0 radical (unpaired) electrons. The number of rotatable bonds is 4. The van der Waals surface area contributed by atoms with Gasteiger partial charge in [0.1, 0.15) is 0 Å². The van der Waals surface area contributed by atoms with Crippen LogP contribution in [0, 0.1) is 0 Å². The van der Waals surface area contributed by atoms with Gasteiger partial charge in [0.15, 0.2) is 0 Å². The molecule has 0 saturated heterocycles. The minimum absolute atomic E-state index is 0.305. The van der Waals surface area contributed by atoms with Gasteiger partial charge in [-0.3, -0.25) is 0 Å². The fraction of sp³-hybridized carbons (Fsp3) is 0.400. The number of benzene rings is 1. The van der Waals surface area contributed by atoms with Gasteiger partial charge in [-0.2, -0.15) is 0 Å². The van der Waals surface area contributed by atoms with Crippen molar-refractivity contribution in [3.05, 3.63) is 33.8 Å². The predicted molar refractivity (Wildman–Crippen MR) is 58.0 cm³/mol. The molecule has 1 atom stereocenters. The fourth-order valence-electron chi connectivity index (χ4n) is 1.19. The summed E-state index contributed by atoms with van der Waals surface area (Å²) in [5.41, 5.74) is 0.876. The Morgan fingerprint density at radius 2 is 2.14 bits per heavy atom. The molecule has 0 aliphatic carbocycles. The quantitative estimate of drug-likeness (QED) is 0.868. The van der Waals surface area contributed by atoms with Crippen LogP contribution in [0.5, 0.6) is 0 Å². The average molecular weight is 235 g/mol. The third-order valence-corrected chi connectivity index (χ3v) is 2.42. The van der Waals surface area contributed by atoms with Crippen molar-refractivity contribution >= 4 is 23.2 Å². The summed E-state index contributed by atoms with van der Waals surface area (Å²) in [5.74, 6) is 0. The van der Waals surface area contributed by atoms with E-state index in [4.69, 9.17) is 27.9 Å². The van der Waals surface area contributed by atoms with Crippen LogP contribution >= 0.6 is 23.2 Å². The molecule has 78 valence electrons. The maximum absolute atomic E-state index is 9.48. The lowest BCUT2D eigenvalue weighted by molar-refractivity contribution is 0.0650. The largest absolute Gasteiger partial charge is 0.390 e. The van der Waals surface area contributed by atoms with Crippen LogP contribution in [0.3, 0.4) is 0 Å². The first-order chi connectivity index (χ1) is 6.63. The van der Waals surface area contributed by atoms with Crippen molar-refractivity contribution in [3.8, 4) is 0 Å². The minimum atomic E-state index is -0.529. The molecule has 0 aliphatic heterocycles. The molecule has 0 aliphatic rings. The van der Waals surface area contributed by atoms with E-state index < -0.39 is 6.10 Å². The van der Waals surface area contributed by atoms with Crippen molar-refractivity contribution in [2.45, 2.75) is 12.5 Å². The Bertz CT molecular complexity index is 302. The van der Waals surface area contributed by atoms with Gasteiger partial charge in [0.25, 0.3) is 0 Å². The van der Waals surface area contributed by atoms with Gasteiger partial charge in [0.2, 0.25) is 0 Å². The molecule has 1 aromatic carbocycles. The van der Waals surface area contributed by atoms with E-state index in [0.717, 1.165) is 5.56 Å². The number of ether oxygens (including phenoxy) is 1. The van der Waals surface area contributed by atoms with Gasteiger partial charge >= 0.3 is 0 Å². The average Bonchev–Trinajstić information content (AvgIpc) is 2.10. The van der Waals surface area contributed by atoms with E-state index in [9.17, 15) is 5.11 Å². The number of halogens is 2. The lowest BCUT2D eigenvalue weighted by atomic mass is 10.1. The first-order valence-electron chi connectivity index (χ1n) is 4.24. The molecule has 0 aromatic heterocycles. The Balaban J connectivity index is 2.67. The van der Waals surface area contributed by atoms with E-state index >= 15 is 0 Å². The highest BCUT2D eigenvalue weighted by Crippen LogP contribution is 2.22. The van der Waals surface area contributed by atoms with Gasteiger partial charge in [0.05, 0.1) is 12.7 Å². The monoisotopic (exact) mass is 234 g/mol. The summed E-state index contributed by atoms with van der Waals surface area (Å²) >= 11 is 11.7. The van der Waals surface area contributed by atoms with Gasteiger partial charge in [-0.25, -0.2) is 0 Å². The van der Waals surface area contributed by atoms with E-state index in [0.29, 0.717) is 23.1 Å².